The topological polar surface area (TPSA) is 79.4 Å². The van der Waals surface area contributed by atoms with E-state index in [9.17, 15) is 13.2 Å². The number of carbonyl (C=O) groups is 1. The third-order valence-electron chi connectivity index (χ3n) is 5.77. The highest BCUT2D eigenvalue weighted by atomic mass is 32.2. The molecule has 32 heavy (non-hydrogen) atoms. The van der Waals surface area contributed by atoms with Crippen LogP contribution in [0.2, 0.25) is 0 Å². The Labute approximate surface area is 193 Å². The van der Waals surface area contributed by atoms with E-state index in [0.717, 1.165) is 35.2 Å². The van der Waals surface area contributed by atoms with Crippen LogP contribution in [0.4, 0.5) is 5.13 Å². The number of anilines is 1. The smallest absolute Gasteiger partial charge is 0.257 e. The van der Waals surface area contributed by atoms with Crippen LogP contribution in [0.25, 0.3) is 11.3 Å². The first kappa shape index (κ1) is 22.6. The lowest BCUT2D eigenvalue weighted by atomic mass is 10.0. The minimum atomic E-state index is -3.54. The predicted octanol–water partition coefficient (Wildman–Crippen LogP) is 5.10. The zero-order valence-corrected chi connectivity index (χ0v) is 20.1. The first-order valence-electron chi connectivity index (χ1n) is 10.7. The van der Waals surface area contributed by atoms with Crippen LogP contribution in [0.3, 0.4) is 0 Å². The summed E-state index contributed by atoms with van der Waals surface area (Å²) in [6, 6.07) is 12.3. The zero-order chi connectivity index (χ0) is 22.9. The molecule has 8 heteroatoms. The molecular formula is C24H27N3O3S2. The molecule has 0 aliphatic carbocycles. The molecule has 6 nitrogen and oxygen atoms in total. The molecule has 1 atom stereocenters. The van der Waals surface area contributed by atoms with Gasteiger partial charge in [0.25, 0.3) is 5.91 Å². The molecule has 1 saturated heterocycles. The van der Waals surface area contributed by atoms with Crippen molar-refractivity contribution in [2.75, 3.05) is 18.4 Å². The summed E-state index contributed by atoms with van der Waals surface area (Å²) in [6.45, 7) is 7.22. The SMILES string of the molecule is Cc1ccc(C)c(-c2csc(NC(=O)c3ccc(S(=O)(=O)N4CCCC(C)C4)cc3)n2)c1. The van der Waals surface area contributed by atoms with Crippen molar-refractivity contribution >= 4 is 32.4 Å². The number of hydrogen-bond donors (Lipinski definition) is 1. The third kappa shape index (κ3) is 4.77. The van der Waals surface area contributed by atoms with Crippen LogP contribution < -0.4 is 5.32 Å². The van der Waals surface area contributed by atoms with Gasteiger partial charge in [-0.25, -0.2) is 13.4 Å². The average Bonchev–Trinajstić information content (AvgIpc) is 3.23. The van der Waals surface area contributed by atoms with E-state index in [1.54, 1.807) is 16.4 Å². The molecule has 0 radical (unpaired) electrons. The molecule has 4 rings (SSSR count). The Morgan fingerprint density at radius 1 is 1.16 bits per heavy atom. The fourth-order valence-corrected chi connectivity index (χ4v) is 6.23. The van der Waals surface area contributed by atoms with Crippen LogP contribution in [0, 0.1) is 19.8 Å². The fraction of sp³-hybridized carbons (Fsp3) is 0.333. The van der Waals surface area contributed by atoms with Gasteiger partial charge in [0.15, 0.2) is 5.13 Å². The number of aromatic nitrogens is 1. The Balaban J connectivity index is 1.47. The minimum absolute atomic E-state index is 0.217. The van der Waals surface area contributed by atoms with Gasteiger partial charge in [0.05, 0.1) is 10.6 Å². The molecule has 1 aliphatic rings. The number of amides is 1. The summed E-state index contributed by atoms with van der Waals surface area (Å²) in [5, 5.41) is 5.25. The number of hydrogen-bond acceptors (Lipinski definition) is 5. The van der Waals surface area contributed by atoms with Crippen molar-refractivity contribution in [1.29, 1.82) is 0 Å². The summed E-state index contributed by atoms with van der Waals surface area (Å²) >= 11 is 1.36. The van der Waals surface area contributed by atoms with Crippen molar-refractivity contribution in [1.82, 2.24) is 9.29 Å². The molecule has 1 N–H and O–H groups in total. The second-order valence-corrected chi connectivity index (χ2v) is 11.2. The number of carbonyl (C=O) groups excluding carboxylic acids is 1. The molecule has 1 aliphatic heterocycles. The Morgan fingerprint density at radius 2 is 1.91 bits per heavy atom. The summed E-state index contributed by atoms with van der Waals surface area (Å²) in [5.41, 5.74) is 4.53. The van der Waals surface area contributed by atoms with E-state index in [4.69, 9.17) is 0 Å². The first-order valence-corrected chi connectivity index (χ1v) is 13.0. The van der Waals surface area contributed by atoms with E-state index in [-0.39, 0.29) is 10.8 Å². The second-order valence-electron chi connectivity index (χ2n) is 8.45. The van der Waals surface area contributed by atoms with Crippen LogP contribution >= 0.6 is 11.3 Å². The van der Waals surface area contributed by atoms with Gasteiger partial charge in [-0.3, -0.25) is 10.1 Å². The van der Waals surface area contributed by atoms with Crippen molar-refractivity contribution in [2.45, 2.75) is 38.5 Å². The normalized spacial score (nSPS) is 17.3. The monoisotopic (exact) mass is 469 g/mol. The van der Waals surface area contributed by atoms with E-state index < -0.39 is 10.0 Å². The Bertz CT molecular complexity index is 1230. The summed E-state index contributed by atoms with van der Waals surface area (Å²) in [6.07, 6.45) is 1.92. The van der Waals surface area contributed by atoms with Gasteiger partial charge in [-0.05, 0) is 68.5 Å². The molecule has 0 spiro atoms. The summed E-state index contributed by atoms with van der Waals surface area (Å²) < 4.78 is 27.4. The minimum Gasteiger partial charge on any atom is -0.298 e. The van der Waals surface area contributed by atoms with Crippen LogP contribution in [-0.4, -0.2) is 36.7 Å². The lowest BCUT2D eigenvalue weighted by Gasteiger charge is -2.30. The number of rotatable bonds is 5. The molecule has 1 fully saturated rings. The standard InChI is InChI=1S/C24H27N3O3S2/c1-16-6-7-18(3)21(13-16)22-15-31-24(25-22)26-23(28)19-8-10-20(11-9-19)32(29,30)27-12-4-5-17(2)14-27/h6-11,13,15,17H,4-5,12,14H2,1-3H3,(H,25,26,28). The number of nitrogens with one attached hydrogen (secondary N) is 1. The molecule has 3 aromatic rings. The summed E-state index contributed by atoms with van der Waals surface area (Å²) in [4.78, 5) is 17.5. The second kappa shape index (κ2) is 9.13. The molecule has 2 heterocycles. The van der Waals surface area contributed by atoms with Gasteiger partial charge >= 0.3 is 0 Å². The molecule has 1 unspecified atom stereocenters. The van der Waals surface area contributed by atoms with E-state index in [1.807, 2.05) is 19.2 Å². The molecular weight excluding hydrogens is 442 g/mol. The van der Waals surface area contributed by atoms with Crippen molar-refractivity contribution in [3.63, 3.8) is 0 Å². The predicted molar refractivity (Wildman–Crippen MR) is 129 cm³/mol. The number of sulfonamides is 1. The number of piperidine rings is 1. The largest absolute Gasteiger partial charge is 0.298 e. The molecule has 0 saturated carbocycles. The Hall–Kier alpha value is -2.55. The lowest BCUT2D eigenvalue weighted by molar-refractivity contribution is 0.102. The average molecular weight is 470 g/mol. The molecule has 1 aromatic heterocycles. The van der Waals surface area contributed by atoms with E-state index in [1.165, 1.54) is 23.5 Å². The lowest BCUT2D eigenvalue weighted by Crippen LogP contribution is -2.39. The van der Waals surface area contributed by atoms with Crippen molar-refractivity contribution in [2.24, 2.45) is 5.92 Å². The first-order chi connectivity index (χ1) is 15.2. The number of aryl methyl sites for hydroxylation is 2. The Morgan fingerprint density at radius 3 is 2.62 bits per heavy atom. The highest BCUT2D eigenvalue weighted by Gasteiger charge is 2.28. The van der Waals surface area contributed by atoms with Gasteiger partial charge in [-0.1, -0.05) is 24.6 Å². The van der Waals surface area contributed by atoms with Gasteiger partial charge in [-0.15, -0.1) is 11.3 Å². The third-order valence-corrected chi connectivity index (χ3v) is 8.40. The van der Waals surface area contributed by atoms with Gasteiger partial charge in [0, 0.05) is 29.6 Å². The van der Waals surface area contributed by atoms with Crippen LogP contribution in [0.5, 0.6) is 0 Å². The van der Waals surface area contributed by atoms with Gasteiger partial charge in [-0.2, -0.15) is 4.31 Å². The van der Waals surface area contributed by atoms with Crippen molar-refractivity contribution in [3.8, 4) is 11.3 Å². The highest BCUT2D eigenvalue weighted by molar-refractivity contribution is 7.89. The van der Waals surface area contributed by atoms with Crippen molar-refractivity contribution in [3.05, 3.63) is 64.5 Å². The van der Waals surface area contributed by atoms with Gasteiger partial charge in [0.1, 0.15) is 0 Å². The van der Waals surface area contributed by atoms with E-state index >= 15 is 0 Å². The molecule has 168 valence electrons. The van der Waals surface area contributed by atoms with Crippen LogP contribution in [0.1, 0.15) is 41.3 Å². The fourth-order valence-electron chi connectivity index (χ4n) is 3.93. The van der Waals surface area contributed by atoms with Gasteiger partial charge < -0.3 is 0 Å². The summed E-state index contributed by atoms with van der Waals surface area (Å²) in [5.74, 6) is 0.0396. The van der Waals surface area contributed by atoms with Gasteiger partial charge in [0.2, 0.25) is 10.0 Å². The van der Waals surface area contributed by atoms with E-state index in [2.05, 4.69) is 35.4 Å². The maximum Gasteiger partial charge on any atom is 0.257 e. The van der Waals surface area contributed by atoms with E-state index in [0.29, 0.717) is 29.7 Å². The number of benzene rings is 2. The maximum absolute atomic E-state index is 12.9. The highest BCUT2D eigenvalue weighted by Crippen LogP contribution is 2.29. The number of thiazole rings is 1. The van der Waals surface area contributed by atoms with Crippen LogP contribution in [-0.2, 0) is 10.0 Å². The quantitative estimate of drug-likeness (QED) is 0.564. The summed E-state index contributed by atoms with van der Waals surface area (Å²) in [7, 11) is -3.54. The van der Waals surface area contributed by atoms with Crippen LogP contribution in [0.15, 0.2) is 52.7 Å². The molecule has 0 bridgehead atoms. The Kier molecular flexibility index (Phi) is 6.46. The molecule has 1 amide bonds. The molecule has 2 aromatic carbocycles. The zero-order valence-electron chi connectivity index (χ0n) is 18.5. The number of nitrogens with zero attached hydrogens (tertiary/aromatic N) is 2. The maximum atomic E-state index is 12.9. The van der Waals surface area contributed by atoms with Crippen molar-refractivity contribution < 1.29 is 13.2 Å².